The van der Waals surface area contributed by atoms with E-state index in [1.54, 1.807) is 0 Å². The second-order valence-electron chi connectivity index (χ2n) is 9.55. The Bertz CT molecular complexity index is 896. The van der Waals surface area contributed by atoms with Crippen LogP contribution in [0.2, 0.25) is 0 Å². The Labute approximate surface area is 267 Å². The molecule has 0 spiro atoms. The molecular formula is C38H52O2Ti. The number of aryl methyl sites for hydroxylation is 2. The monoisotopic (exact) mass is 588 g/mol. The van der Waals surface area contributed by atoms with Gasteiger partial charge in [-0.2, -0.15) is 71.8 Å². The molecule has 0 saturated heterocycles. The normalized spacial score (nSPS) is 9.46. The van der Waals surface area contributed by atoms with Crippen molar-refractivity contribution in [1.29, 1.82) is 0 Å². The summed E-state index contributed by atoms with van der Waals surface area (Å²) < 4.78 is 10.3. The Hall–Kier alpha value is -2.55. The minimum atomic E-state index is 0. The summed E-state index contributed by atoms with van der Waals surface area (Å²) in [4.78, 5) is 0. The van der Waals surface area contributed by atoms with Crippen molar-refractivity contribution in [2.45, 2.75) is 91.9 Å². The van der Waals surface area contributed by atoms with Gasteiger partial charge in [0.2, 0.25) is 0 Å². The third kappa shape index (κ3) is 22.8. The van der Waals surface area contributed by atoms with Gasteiger partial charge in [0.15, 0.2) is 0 Å². The van der Waals surface area contributed by atoms with E-state index in [2.05, 4.69) is 74.5 Å². The number of benzene rings is 2. The Morgan fingerprint density at radius 3 is 1.22 bits per heavy atom. The predicted octanol–water partition coefficient (Wildman–Crippen LogP) is 10.8. The Balaban J connectivity index is 0.000000518. The first kappa shape index (κ1) is 38.5. The number of rotatable bonds is 14. The number of hydrogen-bond acceptors (Lipinski definition) is 2. The van der Waals surface area contributed by atoms with Crippen LogP contribution in [-0.4, -0.2) is 13.2 Å². The smallest absolute Gasteiger partial charge is 0.551 e. The van der Waals surface area contributed by atoms with Crippen molar-refractivity contribution in [3.63, 3.8) is 0 Å². The van der Waals surface area contributed by atoms with Gasteiger partial charge >= 0.3 is 21.7 Å². The molecule has 3 heteroatoms. The van der Waals surface area contributed by atoms with E-state index >= 15 is 0 Å². The molecule has 4 aromatic rings. The van der Waals surface area contributed by atoms with Crippen LogP contribution in [0, 0.1) is 12.1 Å². The van der Waals surface area contributed by atoms with Crippen LogP contribution in [0.5, 0.6) is 11.5 Å². The van der Waals surface area contributed by atoms with Gasteiger partial charge in [-0.1, -0.05) is 78.1 Å². The summed E-state index contributed by atoms with van der Waals surface area (Å²) >= 11 is 0. The summed E-state index contributed by atoms with van der Waals surface area (Å²) in [7, 11) is 0. The van der Waals surface area contributed by atoms with Crippen LogP contribution in [-0.2, 0) is 34.6 Å². The van der Waals surface area contributed by atoms with Crippen LogP contribution >= 0.6 is 0 Å². The van der Waals surface area contributed by atoms with Gasteiger partial charge in [0, 0.05) is 11.5 Å². The summed E-state index contributed by atoms with van der Waals surface area (Å²) in [6.45, 7) is 9.88. The maximum absolute atomic E-state index is 5.17. The third-order valence-corrected chi connectivity index (χ3v) is 6.08. The van der Waals surface area contributed by atoms with E-state index in [0.717, 1.165) is 24.7 Å². The zero-order valence-corrected chi connectivity index (χ0v) is 27.6. The molecular weight excluding hydrogens is 536 g/mol. The maximum Gasteiger partial charge on any atom is 4.00 e. The van der Waals surface area contributed by atoms with Crippen LogP contribution < -0.4 is 9.47 Å². The molecule has 0 fully saturated rings. The van der Waals surface area contributed by atoms with Gasteiger partial charge in [-0.3, -0.25) is 0 Å². The summed E-state index contributed by atoms with van der Waals surface area (Å²) in [5.41, 5.74) is 3.00. The predicted molar refractivity (Wildman–Crippen MR) is 173 cm³/mol. The number of hydrogen-bond donors (Lipinski definition) is 0. The molecule has 220 valence electrons. The number of unbranched alkanes of at least 4 members (excludes halogenated alkanes) is 6. The van der Waals surface area contributed by atoms with Crippen LogP contribution in [0.15, 0.2) is 97.1 Å². The molecule has 0 aliphatic rings. The van der Waals surface area contributed by atoms with Gasteiger partial charge in [0.1, 0.15) is 0 Å². The zero-order valence-electron chi connectivity index (χ0n) is 26.0. The molecule has 2 nitrogen and oxygen atoms in total. The summed E-state index contributed by atoms with van der Waals surface area (Å²) in [5, 5.41) is 0. The Morgan fingerprint density at radius 1 is 0.537 bits per heavy atom. The van der Waals surface area contributed by atoms with Gasteiger partial charge in [-0.15, -0.1) is 24.3 Å². The summed E-state index contributed by atoms with van der Waals surface area (Å²) in [5.74, 6) is 1.78. The van der Waals surface area contributed by atoms with Crippen LogP contribution in [0.4, 0.5) is 0 Å². The molecule has 0 aliphatic carbocycles. The zero-order chi connectivity index (χ0) is 28.9. The van der Waals surface area contributed by atoms with Gasteiger partial charge < -0.3 is 9.47 Å². The van der Waals surface area contributed by atoms with Crippen molar-refractivity contribution in [3.05, 3.63) is 120 Å². The fourth-order valence-electron chi connectivity index (χ4n) is 3.94. The molecule has 0 atom stereocenters. The third-order valence-electron chi connectivity index (χ3n) is 6.08. The average molecular weight is 589 g/mol. The van der Waals surface area contributed by atoms with E-state index in [1.807, 2.05) is 62.4 Å². The molecule has 4 aromatic carbocycles. The summed E-state index contributed by atoms with van der Waals surface area (Å²) in [6.07, 6.45) is 13.5. The standard InChI is InChI=1S/2C11H17.2C8H9O.Ti/c2*1-2-3-4-5-8-11-9-6-7-10-11;2*1-2-9-8-6-4-3-5-7-8;/h2*6-7,9-10H,2-5,8H2,1H3;2*3-4,6-7H,2H2,1H3;/q4*-1;+4. The van der Waals surface area contributed by atoms with Crippen molar-refractivity contribution in [1.82, 2.24) is 0 Å². The van der Waals surface area contributed by atoms with E-state index in [0.29, 0.717) is 0 Å². The minimum absolute atomic E-state index is 0. The second kappa shape index (κ2) is 29.0. The molecule has 0 unspecified atom stereocenters. The van der Waals surface area contributed by atoms with E-state index in [-0.39, 0.29) is 21.7 Å². The minimum Gasteiger partial charge on any atom is -0.551 e. The fraction of sp³-hybridized carbons (Fsp3) is 0.421. The van der Waals surface area contributed by atoms with Crippen molar-refractivity contribution >= 4 is 0 Å². The van der Waals surface area contributed by atoms with Gasteiger partial charge in [-0.25, -0.2) is 24.3 Å². The molecule has 4 rings (SSSR count). The molecule has 41 heavy (non-hydrogen) atoms. The van der Waals surface area contributed by atoms with Crippen LogP contribution in [0.3, 0.4) is 0 Å². The first-order valence-electron chi connectivity index (χ1n) is 15.3. The summed E-state index contributed by atoms with van der Waals surface area (Å²) in [6, 6.07) is 38.2. The molecule has 0 N–H and O–H groups in total. The van der Waals surface area contributed by atoms with Crippen molar-refractivity contribution in [2.24, 2.45) is 0 Å². The Morgan fingerprint density at radius 2 is 0.927 bits per heavy atom. The molecule has 0 amide bonds. The first-order chi connectivity index (χ1) is 19.7. The molecule has 0 aliphatic heterocycles. The maximum atomic E-state index is 5.17. The van der Waals surface area contributed by atoms with E-state index in [1.165, 1.54) is 75.3 Å². The quantitative estimate of drug-likeness (QED) is 0.0829. The largest absolute Gasteiger partial charge is 4.00 e. The van der Waals surface area contributed by atoms with Crippen LogP contribution in [0.25, 0.3) is 0 Å². The van der Waals surface area contributed by atoms with E-state index in [4.69, 9.17) is 9.47 Å². The molecule has 0 radical (unpaired) electrons. The van der Waals surface area contributed by atoms with E-state index < -0.39 is 0 Å². The van der Waals surface area contributed by atoms with Crippen molar-refractivity contribution in [3.8, 4) is 11.5 Å². The molecule has 0 bridgehead atoms. The molecule has 0 saturated carbocycles. The molecule has 0 heterocycles. The van der Waals surface area contributed by atoms with E-state index in [9.17, 15) is 0 Å². The SMILES string of the molecule is CCCCCC[c-]1cccc1.CCCCCC[c-]1cccc1.CCOc1c[c-]ccc1.CCOc1c[c-]ccc1.[Ti+4]. The Kier molecular flexibility index (Phi) is 27.2. The fourth-order valence-corrected chi connectivity index (χ4v) is 3.94. The van der Waals surface area contributed by atoms with Crippen LogP contribution in [0.1, 0.15) is 90.2 Å². The van der Waals surface area contributed by atoms with Gasteiger partial charge in [0.25, 0.3) is 0 Å². The van der Waals surface area contributed by atoms with Crippen molar-refractivity contribution < 1.29 is 31.2 Å². The van der Waals surface area contributed by atoms with Gasteiger partial charge in [-0.05, 0) is 13.8 Å². The topological polar surface area (TPSA) is 18.5 Å². The first-order valence-corrected chi connectivity index (χ1v) is 15.3. The molecule has 0 aromatic heterocycles. The average Bonchev–Trinajstić information content (AvgIpc) is 3.71. The number of ether oxygens (including phenoxy) is 2. The van der Waals surface area contributed by atoms with Gasteiger partial charge in [0.05, 0.1) is 13.2 Å². The van der Waals surface area contributed by atoms with Crippen molar-refractivity contribution in [2.75, 3.05) is 13.2 Å². The second-order valence-corrected chi connectivity index (χ2v) is 9.55.